The first kappa shape index (κ1) is 24.3. The van der Waals surface area contributed by atoms with Crippen LogP contribution in [0.4, 0.5) is 21.6 Å². The summed E-state index contributed by atoms with van der Waals surface area (Å²) in [5, 5.41) is 38.2. The Hall–Kier alpha value is -3.78. The number of aromatic hydroxyl groups is 2. The molecular weight excluding hydrogens is 492 g/mol. The molecule has 1 aliphatic rings. The van der Waals surface area contributed by atoms with E-state index >= 15 is 0 Å². The number of fused-ring (bicyclic) bond motifs is 1. The molecule has 0 saturated carbocycles. The number of amides is 2. The molecule has 3 aromatic rings. The Bertz CT molecular complexity index is 1330. The first-order valence-electron chi connectivity index (χ1n) is 10.7. The number of carbonyl (C=O) groups is 2. The van der Waals surface area contributed by atoms with Gasteiger partial charge >= 0.3 is 0 Å². The molecule has 0 aromatic carbocycles. The van der Waals surface area contributed by atoms with Gasteiger partial charge in [0.25, 0.3) is 5.91 Å². The van der Waals surface area contributed by atoms with E-state index in [1.807, 2.05) is 13.8 Å². The highest BCUT2D eigenvalue weighted by Gasteiger charge is 2.32. The monoisotopic (exact) mass is 516 g/mol. The van der Waals surface area contributed by atoms with Crippen LogP contribution in [0.15, 0.2) is 6.07 Å². The number of nitrogens with zero attached hydrogens (tertiary/aromatic N) is 4. The maximum Gasteiger partial charge on any atom is 0.270 e. The van der Waals surface area contributed by atoms with Crippen molar-refractivity contribution in [3.63, 3.8) is 0 Å². The van der Waals surface area contributed by atoms with Gasteiger partial charge in [-0.1, -0.05) is 11.3 Å². The molecule has 2 amide bonds. The van der Waals surface area contributed by atoms with Gasteiger partial charge in [-0.2, -0.15) is 4.37 Å². The maximum absolute atomic E-state index is 13.4. The van der Waals surface area contributed by atoms with Crippen molar-refractivity contribution in [2.45, 2.75) is 40.2 Å². The van der Waals surface area contributed by atoms with E-state index in [9.17, 15) is 19.8 Å². The quantitative estimate of drug-likeness (QED) is 0.212. The van der Waals surface area contributed by atoms with Crippen molar-refractivity contribution in [2.75, 3.05) is 22.1 Å². The minimum absolute atomic E-state index is 0.00968. The second kappa shape index (κ2) is 9.46. The maximum atomic E-state index is 13.4. The molecule has 3 aromatic heterocycles. The van der Waals surface area contributed by atoms with Crippen LogP contribution in [-0.2, 0) is 11.2 Å². The molecule has 0 fully saturated rings. The van der Waals surface area contributed by atoms with Crippen LogP contribution in [0, 0.1) is 12.3 Å². The topological polar surface area (TPSA) is 176 Å². The van der Waals surface area contributed by atoms with Crippen LogP contribution in [0.1, 0.15) is 47.4 Å². The first-order chi connectivity index (χ1) is 16.5. The lowest BCUT2D eigenvalue weighted by atomic mass is 10.2. The molecule has 0 atom stereocenters. The predicted molar refractivity (Wildman–Crippen MR) is 135 cm³/mol. The van der Waals surface area contributed by atoms with E-state index in [0.29, 0.717) is 45.1 Å². The smallest absolute Gasteiger partial charge is 0.270 e. The van der Waals surface area contributed by atoms with E-state index in [2.05, 4.69) is 30.3 Å². The van der Waals surface area contributed by atoms with E-state index in [1.165, 1.54) is 17.9 Å². The second-order valence-electron chi connectivity index (χ2n) is 8.15. The average Bonchev–Trinajstić information content (AvgIpc) is 3.44. The SMILES string of the molecule is CC(=O)Nc1cc(O)c2c(n1)CCN2C(=O)c1sc(Nc2snc(O)c2C(=N)NC(C)C)nc1C. The number of nitrogens with one attached hydrogen (secondary N) is 4. The molecule has 12 nitrogen and oxygen atoms in total. The summed E-state index contributed by atoms with van der Waals surface area (Å²) in [5.74, 6) is -0.812. The zero-order valence-electron chi connectivity index (χ0n) is 19.4. The van der Waals surface area contributed by atoms with Crippen LogP contribution < -0.4 is 20.9 Å². The summed E-state index contributed by atoms with van der Waals surface area (Å²) in [6.45, 7) is 7.14. The standard InChI is InChI=1S/C21H24N8O4S2/c1-8(2)23-17(22)14-18(32)28-35-19(14)27-21-24-9(3)16(34-21)20(33)29-6-5-11-15(29)12(31)7-13(26-11)25-10(4)30/h7-8H,5-6H2,1-4H3,(H2,22,23)(H,24,27)(H,28,32)(H2,25,26,30,31). The molecule has 35 heavy (non-hydrogen) atoms. The summed E-state index contributed by atoms with van der Waals surface area (Å²) in [5.41, 5.74) is 1.55. The number of hydrogen-bond acceptors (Lipinski definition) is 11. The Labute approximate surface area is 208 Å². The molecule has 4 heterocycles. The predicted octanol–water partition coefficient (Wildman–Crippen LogP) is 2.94. The highest BCUT2D eigenvalue weighted by Crippen LogP contribution is 2.40. The van der Waals surface area contributed by atoms with Crippen molar-refractivity contribution < 1.29 is 19.8 Å². The van der Waals surface area contributed by atoms with Gasteiger partial charge < -0.3 is 31.1 Å². The van der Waals surface area contributed by atoms with Gasteiger partial charge in [0.15, 0.2) is 5.13 Å². The van der Waals surface area contributed by atoms with Crippen LogP contribution in [0.5, 0.6) is 11.6 Å². The van der Waals surface area contributed by atoms with Crippen LogP contribution >= 0.6 is 22.9 Å². The van der Waals surface area contributed by atoms with Crippen molar-refractivity contribution in [1.82, 2.24) is 19.7 Å². The Kier molecular flexibility index (Phi) is 6.58. The number of carbonyl (C=O) groups excluding carboxylic acids is 2. The minimum atomic E-state index is -0.335. The highest BCUT2D eigenvalue weighted by molar-refractivity contribution is 7.18. The number of aryl methyl sites for hydroxylation is 1. The Balaban J connectivity index is 1.58. The van der Waals surface area contributed by atoms with E-state index in [-0.39, 0.29) is 46.7 Å². The van der Waals surface area contributed by atoms with Crippen molar-refractivity contribution in [3.05, 3.63) is 27.9 Å². The van der Waals surface area contributed by atoms with Crippen LogP contribution in [0.25, 0.3) is 0 Å². The Morgan fingerprint density at radius 3 is 2.69 bits per heavy atom. The molecule has 0 saturated heterocycles. The molecule has 6 N–H and O–H groups in total. The number of pyridine rings is 1. The number of aromatic nitrogens is 3. The van der Waals surface area contributed by atoms with Crippen molar-refractivity contribution in [2.24, 2.45) is 0 Å². The summed E-state index contributed by atoms with van der Waals surface area (Å²) in [6, 6.07) is 1.31. The van der Waals surface area contributed by atoms with E-state index in [4.69, 9.17) is 5.41 Å². The van der Waals surface area contributed by atoms with Gasteiger partial charge in [0.2, 0.25) is 11.8 Å². The third kappa shape index (κ3) is 4.88. The fourth-order valence-electron chi connectivity index (χ4n) is 3.64. The summed E-state index contributed by atoms with van der Waals surface area (Å²) < 4.78 is 3.92. The van der Waals surface area contributed by atoms with Crippen molar-refractivity contribution in [1.29, 1.82) is 5.41 Å². The average molecular weight is 517 g/mol. The fourth-order valence-corrected chi connectivity index (χ4v) is 5.32. The van der Waals surface area contributed by atoms with Crippen molar-refractivity contribution in [3.8, 4) is 11.6 Å². The van der Waals surface area contributed by atoms with E-state index < -0.39 is 0 Å². The zero-order chi connectivity index (χ0) is 25.4. The van der Waals surface area contributed by atoms with Gasteiger partial charge in [-0.3, -0.25) is 15.0 Å². The summed E-state index contributed by atoms with van der Waals surface area (Å²) in [6.07, 6.45) is 0.430. The second-order valence-corrected chi connectivity index (χ2v) is 9.93. The fraction of sp³-hybridized carbons (Fsp3) is 0.333. The largest absolute Gasteiger partial charge is 0.506 e. The third-order valence-electron chi connectivity index (χ3n) is 5.00. The van der Waals surface area contributed by atoms with Gasteiger partial charge in [0.1, 0.15) is 38.5 Å². The molecule has 0 bridgehead atoms. The molecule has 14 heteroatoms. The van der Waals surface area contributed by atoms with Crippen LogP contribution in [-0.4, -0.2) is 54.8 Å². The zero-order valence-corrected chi connectivity index (χ0v) is 21.0. The number of amidine groups is 1. The molecule has 184 valence electrons. The third-order valence-corrected chi connectivity index (χ3v) is 6.82. The molecule has 1 aliphatic heterocycles. The Morgan fingerprint density at radius 1 is 1.26 bits per heavy atom. The summed E-state index contributed by atoms with van der Waals surface area (Å²) in [4.78, 5) is 35.3. The van der Waals surface area contributed by atoms with Gasteiger partial charge in [-0.05, 0) is 32.3 Å². The van der Waals surface area contributed by atoms with Crippen LogP contribution in [0.3, 0.4) is 0 Å². The van der Waals surface area contributed by atoms with Crippen LogP contribution in [0.2, 0.25) is 0 Å². The van der Waals surface area contributed by atoms with Gasteiger partial charge in [-0.25, -0.2) is 9.97 Å². The first-order valence-corrected chi connectivity index (χ1v) is 12.2. The molecule has 0 unspecified atom stereocenters. The van der Waals surface area contributed by atoms with Gasteiger partial charge in [0.05, 0.1) is 11.4 Å². The summed E-state index contributed by atoms with van der Waals surface area (Å²) in [7, 11) is 0. The number of anilines is 4. The highest BCUT2D eigenvalue weighted by atomic mass is 32.1. The van der Waals surface area contributed by atoms with Crippen molar-refractivity contribution >= 4 is 62.2 Å². The molecular formula is C21H24N8O4S2. The van der Waals surface area contributed by atoms with E-state index in [0.717, 1.165) is 22.9 Å². The summed E-state index contributed by atoms with van der Waals surface area (Å²) >= 11 is 2.10. The van der Waals surface area contributed by atoms with E-state index in [1.54, 1.807) is 6.92 Å². The molecule has 0 spiro atoms. The number of thiazole rings is 1. The minimum Gasteiger partial charge on any atom is -0.506 e. The van der Waals surface area contributed by atoms with Gasteiger partial charge in [-0.15, -0.1) is 0 Å². The number of rotatable bonds is 6. The normalized spacial score (nSPS) is 12.5. The van der Waals surface area contributed by atoms with Gasteiger partial charge in [0, 0.05) is 32.0 Å². The lowest BCUT2D eigenvalue weighted by molar-refractivity contribution is -0.114. The lowest BCUT2D eigenvalue weighted by Crippen LogP contribution is -2.30. The Morgan fingerprint density at radius 2 is 2.00 bits per heavy atom. The molecule has 0 radical (unpaired) electrons. The molecule has 0 aliphatic carbocycles. The number of hydrogen-bond donors (Lipinski definition) is 6. The lowest BCUT2D eigenvalue weighted by Gasteiger charge is -2.17. The molecule has 4 rings (SSSR count).